The highest BCUT2D eigenvalue weighted by atomic mass is 79.9. The van der Waals surface area contributed by atoms with Crippen LogP contribution in [0.4, 0.5) is 0 Å². The summed E-state index contributed by atoms with van der Waals surface area (Å²) in [5.41, 5.74) is 4.18. The summed E-state index contributed by atoms with van der Waals surface area (Å²) in [5, 5.41) is 2.64. The molecule has 0 radical (unpaired) electrons. The number of likely N-dealkylation sites (N-methyl/N-ethyl adjacent to an activating group) is 1. The normalized spacial score (nSPS) is 11.7. The van der Waals surface area contributed by atoms with Crippen LogP contribution in [0.5, 0.6) is 0 Å². The van der Waals surface area contributed by atoms with Gasteiger partial charge in [0.1, 0.15) is 6.04 Å². The van der Waals surface area contributed by atoms with Crippen LogP contribution in [0.3, 0.4) is 0 Å². The van der Waals surface area contributed by atoms with Gasteiger partial charge in [-0.25, -0.2) is 0 Å². The van der Waals surface area contributed by atoms with Gasteiger partial charge in [0.15, 0.2) is 0 Å². The third-order valence-electron chi connectivity index (χ3n) is 4.50. The number of benzene rings is 2. The molecule has 26 heavy (non-hydrogen) atoms. The molecule has 0 aliphatic rings. The van der Waals surface area contributed by atoms with E-state index in [0.717, 1.165) is 26.7 Å². The zero-order valence-electron chi connectivity index (χ0n) is 15.7. The number of hydrogen-bond donors (Lipinski definition) is 1. The fourth-order valence-corrected chi connectivity index (χ4v) is 3.33. The zero-order valence-corrected chi connectivity index (χ0v) is 17.3. The Morgan fingerprint density at radius 2 is 1.88 bits per heavy atom. The maximum absolute atomic E-state index is 13.1. The van der Waals surface area contributed by atoms with E-state index >= 15 is 0 Å². The zero-order chi connectivity index (χ0) is 19.3. The summed E-state index contributed by atoms with van der Waals surface area (Å²) in [5.74, 6) is -0.232. The summed E-state index contributed by atoms with van der Waals surface area (Å²) in [4.78, 5) is 26.9. The van der Waals surface area contributed by atoms with Crippen molar-refractivity contribution in [2.45, 2.75) is 39.8 Å². The van der Waals surface area contributed by atoms with E-state index in [4.69, 9.17) is 0 Å². The molecule has 138 valence electrons. The van der Waals surface area contributed by atoms with Gasteiger partial charge in [-0.15, -0.1) is 0 Å². The van der Waals surface area contributed by atoms with Gasteiger partial charge >= 0.3 is 0 Å². The van der Waals surface area contributed by atoms with Crippen molar-refractivity contribution in [1.82, 2.24) is 10.2 Å². The molecule has 1 unspecified atom stereocenters. The molecule has 0 saturated heterocycles. The molecule has 0 heterocycles. The number of carbonyl (C=O) groups is 2. The highest BCUT2D eigenvalue weighted by Gasteiger charge is 2.25. The lowest BCUT2D eigenvalue weighted by Crippen LogP contribution is -2.47. The summed E-state index contributed by atoms with van der Waals surface area (Å²) < 4.78 is 0.949. The van der Waals surface area contributed by atoms with E-state index in [2.05, 4.69) is 21.2 Å². The molecule has 0 aliphatic heterocycles. The van der Waals surface area contributed by atoms with Crippen LogP contribution in [0.1, 0.15) is 29.2 Å². The Morgan fingerprint density at radius 3 is 2.54 bits per heavy atom. The molecule has 0 saturated carbocycles. The Balaban J connectivity index is 2.28. The second-order valence-corrected chi connectivity index (χ2v) is 7.46. The Hall–Kier alpha value is -2.14. The first-order chi connectivity index (χ1) is 12.3. The largest absolute Gasteiger partial charge is 0.357 e. The minimum atomic E-state index is -0.545. The quantitative estimate of drug-likeness (QED) is 0.778. The Morgan fingerprint density at radius 1 is 1.15 bits per heavy atom. The molecule has 2 rings (SSSR count). The molecule has 4 nitrogen and oxygen atoms in total. The first-order valence-corrected chi connectivity index (χ1v) is 9.42. The van der Waals surface area contributed by atoms with Crippen molar-refractivity contribution >= 4 is 27.7 Å². The van der Waals surface area contributed by atoms with Gasteiger partial charge in [-0.2, -0.15) is 0 Å². The van der Waals surface area contributed by atoms with Gasteiger partial charge in [0.25, 0.3) is 0 Å². The molecule has 0 fully saturated rings. The minimum Gasteiger partial charge on any atom is -0.357 e. The standard InChI is InChI=1S/C21H25BrN2O2/c1-14-8-9-15(2)18(10-14)12-20(25)24(16(3)21(26)23-4)13-17-6-5-7-19(22)11-17/h5-11,16H,12-13H2,1-4H3,(H,23,26). The van der Waals surface area contributed by atoms with E-state index in [9.17, 15) is 9.59 Å². The maximum atomic E-state index is 13.1. The van der Waals surface area contributed by atoms with Gasteiger partial charge in [0.2, 0.25) is 11.8 Å². The second kappa shape index (κ2) is 8.99. The van der Waals surface area contributed by atoms with E-state index in [1.807, 2.05) is 56.3 Å². The third kappa shape index (κ3) is 5.18. The van der Waals surface area contributed by atoms with Crippen LogP contribution < -0.4 is 5.32 Å². The Kier molecular flexibility index (Phi) is 6.98. The molecule has 5 heteroatoms. The van der Waals surface area contributed by atoms with Gasteiger partial charge in [-0.05, 0) is 49.6 Å². The van der Waals surface area contributed by atoms with Crippen LogP contribution in [0.15, 0.2) is 46.9 Å². The molecule has 0 aliphatic carbocycles. The van der Waals surface area contributed by atoms with E-state index in [1.165, 1.54) is 0 Å². The first-order valence-electron chi connectivity index (χ1n) is 8.63. The highest BCUT2D eigenvalue weighted by Crippen LogP contribution is 2.18. The van der Waals surface area contributed by atoms with Crippen molar-refractivity contribution in [1.29, 1.82) is 0 Å². The molecule has 0 bridgehead atoms. The lowest BCUT2D eigenvalue weighted by molar-refractivity contribution is -0.139. The van der Waals surface area contributed by atoms with Crippen molar-refractivity contribution < 1.29 is 9.59 Å². The van der Waals surface area contributed by atoms with Gasteiger partial charge in [-0.1, -0.05) is 51.8 Å². The lowest BCUT2D eigenvalue weighted by atomic mass is 10.0. The topological polar surface area (TPSA) is 49.4 Å². The maximum Gasteiger partial charge on any atom is 0.242 e. The minimum absolute atomic E-state index is 0.0604. The van der Waals surface area contributed by atoms with Gasteiger partial charge in [0.05, 0.1) is 6.42 Å². The number of nitrogens with one attached hydrogen (secondary N) is 1. The summed E-state index contributed by atoms with van der Waals surface area (Å²) in [6.45, 7) is 6.16. The van der Waals surface area contributed by atoms with Crippen LogP contribution in [0.2, 0.25) is 0 Å². The second-order valence-electron chi connectivity index (χ2n) is 6.55. The number of aryl methyl sites for hydroxylation is 2. The smallest absolute Gasteiger partial charge is 0.242 e. The monoisotopic (exact) mass is 416 g/mol. The summed E-state index contributed by atoms with van der Waals surface area (Å²) in [6, 6.07) is 13.3. The van der Waals surface area contributed by atoms with E-state index in [0.29, 0.717) is 6.54 Å². The SMILES string of the molecule is CNC(=O)C(C)N(Cc1cccc(Br)c1)C(=O)Cc1cc(C)ccc1C. The summed E-state index contributed by atoms with van der Waals surface area (Å²) in [6.07, 6.45) is 0.281. The van der Waals surface area contributed by atoms with Crippen LogP contribution in [0, 0.1) is 13.8 Å². The molecular weight excluding hydrogens is 392 g/mol. The number of nitrogens with zero attached hydrogens (tertiary/aromatic N) is 1. The number of amides is 2. The number of halogens is 1. The molecule has 2 aromatic rings. The first kappa shape index (κ1) is 20.2. The number of hydrogen-bond acceptors (Lipinski definition) is 2. The highest BCUT2D eigenvalue weighted by molar-refractivity contribution is 9.10. The van der Waals surface area contributed by atoms with Crippen molar-refractivity contribution in [3.05, 3.63) is 69.2 Å². The van der Waals surface area contributed by atoms with Crippen LogP contribution in [0.25, 0.3) is 0 Å². The van der Waals surface area contributed by atoms with E-state index in [1.54, 1.807) is 18.9 Å². The predicted octanol–water partition coefficient (Wildman–Crippen LogP) is 3.77. The summed E-state index contributed by atoms with van der Waals surface area (Å²) in [7, 11) is 1.59. The number of rotatable bonds is 6. The van der Waals surface area contributed by atoms with Crippen molar-refractivity contribution in [2.24, 2.45) is 0 Å². The molecule has 1 atom stereocenters. The fourth-order valence-electron chi connectivity index (χ4n) is 2.88. The molecule has 0 spiro atoms. The van der Waals surface area contributed by atoms with Crippen molar-refractivity contribution in [3.63, 3.8) is 0 Å². The van der Waals surface area contributed by atoms with Crippen molar-refractivity contribution in [2.75, 3.05) is 7.05 Å². The molecule has 2 amide bonds. The van der Waals surface area contributed by atoms with Gasteiger partial charge in [0, 0.05) is 18.1 Å². The Bertz CT molecular complexity index is 804. The summed E-state index contributed by atoms with van der Waals surface area (Å²) >= 11 is 3.46. The molecular formula is C21H25BrN2O2. The van der Waals surface area contributed by atoms with Gasteiger partial charge < -0.3 is 10.2 Å². The number of carbonyl (C=O) groups excluding carboxylic acids is 2. The molecule has 2 aromatic carbocycles. The molecule has 0 aromatic heterocycles. The Labute approximate surface area is 163 Å². The average Bonchev–Trinajstić information content (AvgIpc) is 2.61. The molecule has 1 N–H and O–H groups in total. The average molecular weight is 417 g/mol. The van der Waals surface area contributed by atoms with Crippen molar-refractivity contribution in [3.8, 4) is 0 Å². The van der Waals surface area contributed by atoms with Crippen LogP contribution in [-0.2, 0) is 22.6 Å². The van der Waals surface area contributed by atoms with E-state index < -0.39 is 6.04 Å². The van der Waals surface area contributed by atoms with Gasteiger partial charge in [-0.3, -0.25) is 9.59 Å². The van der Waals surface area contributed by atoms with Crippen LogP contribution in [-0.4, -0.2) is 29.8 Å². The predicted molar refractivity (Wildman–Crippen MR) is 108 cm³/mol. The van der Waals surface area contributed by atoms with E-state index in [-0.39, 0.29) is 18.2 Å². The fraction of sp³-hybridized carbons (Fsp3) is 0.333. The van der Waals surface area contributed by atoms with Crippen LogP contribution >= 0.6 is 15.9 Å². The third-order valence-corrected chi connectivity index (χ3v) is 5.00. The lowest BCUT2D eigenvalue weighted by Gasteiger charge is -2.29.